The Morgan fingerprint density at radius 3 is 2.65 bits per heavy atom. The Bertz CT molecular complexity index is 774. The molecule has 0 radical (unpaired) electrons. The molecule has 0 aromatic heterocycles. The fraction of sp³-hybridized carbons (Fsp3) is 0.450. The standard InChI is InChI=1S/C20H23NO5/c1-3-25-19(24)14-8-7-9-15(12-14)21-17(22)16-13(2)18(23)26-20(16)10-5-4-6-11-20/h7-9,12H,3-6,10-11H2,1-2H3,(H,21,22). The Kier molecular flexibility index (Phi) is 5.11. The predicted molar refractivity (Wildman–Crippen MR) is 95.6 cm³/mol. The zero-order valence-corrected chi connectivity index (χ0v) is 15.1. The minimum atomic E-state index is -0.803. The fourth-order valence-electron chi connectivity index (χ4n) is 3.73. The Balaban J connectivity index is 1.84. The van der Waals surface area contributed by atoms with E-state index in [9.17, 15) is 14.4 Å². The lowest BCUT2D eigenvalue weighted by Gasteiger charge is -2.34. The fourth-order valence-corrected chi connectivity index (χ4v) is 3.73. The number of carbonyl (C=O) groups is 3. The third-order valence-electron chi connectivity index (χ3n) is 4.94. The second kappa shape index (κ2) is 7.32. The van der Waals surface area contributed by atoms with Gasteiger partial charge in [0.05, 0.1) is 17.7 Å². The largest absolute Gasteiger partial charge is 0.462 e. The molecule has 0 bridgehead atoms. The second-order valence-electron chi connectivity index (χ2n) is 6.70. The van der Waals surface area contributed by atoms with Crippen LogP contribution in [0.2, 0.25) is 0 Å². The maximum Gasteiger partial charge on any atom is 0.338 e. The number of ether oxygens (including phenoxy) is 2. The van der Waals surface area contributed by atoms with Crippen molar-refractivity contribution in [2.45, 2.75) is 51.6 Å². The van der Waals surface area contributed by atoms with Crippen LogP contribution in [-0.4, -0.2) is 30.1 Å². The van der Waals surface area contributed by atoms with Crippen LogP contribution in [0.5, 0.6) is 0 Å². The molecule has 1 aliphatic heterocycles. The third kappa shape index (κ3) is 3.36. The lowest BCUT2D eigenvalue weighted by atomic mass is 9.78. The molecule has 0 atom stereocenters. The minimum absolute atomic E-state index is 0.281. The van der Waals surface area contributed by atoms with Crippen LogP contribution in [0.1, 0.15) is 56.3 Å². The van der Waals surface area contributed by atoms with E-state index >= 15 is 0 Å². The van der Waals surface area contributed by atoms with E-state index in [1.807, 2.05) is 0 Å². The van der Waals surface area contributed by atoms with Gasteiger partial charge in [-0.05, 0) is 57.7 Å². The Labute approximate surface area is 152 Å². The van der Waals surface area contributed by atoms with Gasteiger partial charge in [0, 0.05) is 11.3 Å². The summed E-state index contributed by atoms with van der Waals surface area (Å²) in [6.07, 6.45) is 4.27. The zero-order valence-electron chi connectivity index (χ0n) is 15.1. The van der Waals surface area contributed by atoms with E-state index in [4.69, 9.17) is 9.47 Å². The number of anilines is 1. The number of hydrogen-bond acceptors (Lipinski definition) is 5. The first-order valence-electron chi connectivity index (χ1n) is 9.00. The molecule has 1 aromatic carbocycles. The number of amides is 1. The molecule has 1 fully saturated rings. The summed E-state index contributed by atoms with van der Waals surface area (Å²) >= 11 is 0. The number of benzene rings is 1. The topological polar surface area (TPSA) is 81.7 Å². The average Bonchev–Trinajstić information content (AvgIpc) is 2.86. The van der Waals surface area contributed by atoms with Crippen LogP contribution in [0.3, 0.4) is 0 Å². The average molecular weight is 357 g/mol. The summed E-state index contributed by atoms with van der Waals surface area (Å²) in [6.45, 7) is 3.65. The molecular formula is C20H23NO5. The van der Waals surface area contributed by atoms with Crippen LogP contribution in [0.25, 0.3) is 0 Å². The molecule has 3 rings (SSSR count). The SMILES string of the molecule is CCOC(=O)c1cccc(NC(=O)C2=C(C)C(=O)OC23CCCCC3)c1. The summed E-state index contributed by atoms with van der Waals surface area (Å²) in [7, 11) is 0. The molecule has 6 nitrogen and oxygen atoms in total. The van der Waals surface area contributed by atoms with Gasteiger partial charge in [-0.15, -0.1) is 0 Å². The molecule has 1 N–H and O–H groups in total. The Hall–Kier alpha value is -2.63. The van der Waals surface area contributed by atoms with E-state index in [-0.39, 0.29) is 12.5 Å². The van der Waals surface area contributed by atoms with Gasteiger partial charge in [0.1, 0.15) is 5.60 Å². The van der Waals surface area contributed by atoms with Crippen molar-refractivity contribution in [3.05, 3.63) is 41.0 Å². The van der Waals surface area contributed by atoms with Gasteiger partial charge in [-0.2, -0.15) is 0 Å². The first kappa shape index (κ1) is 18.2. The van der Waals surface area contributed by atoms with E-state index in [1.165, 1.54) is 0 Å². The first-order valence-corrected chi connectivity index (χ1v) is 9.00. The monoisotopic (exact) mass is 357 g/mol. The van der Waals surface area contributed by atoms with E-state index < -0.39 is 17.5 Å². The molecule has 1 heterocycles. The van der Waals surface area contributed by atoms with Gasteiger partial charge in [0.25, 0.3) is 5.91 Å². The number of rotatable bonds is 4. The van der Waals surface area contributed by atoms with Crippen LogP contribution >= 0.6 is 0 Å². The molecule has 1 spiro atoms. The van der Waals surface area contributed by atoms with Crippen molar-refractivity contribution in [1.29, 1.82) is 0 Å². The zero-order chi connectivity index (χ0) is 18.7. The van der Waals surface area contributed by atoms with Gasteiger partial charge in [-0.1, -0.05) is 12.5 Å². The van der Waals surface area contributed by atoms with Crippen LogP contribution < -0.4 is 5.32 Å². The second-order valence-corrected chi connectivity index (χ2v) is 6.70. The number of esters is 2. The van der Waals surface area contributed by atoms with E-state index in [1.54, 1.807) is 38.1 Å². The van der Waals surface area contributed by atoms with Crippen molar-refractivity contribution in [2.24, 2.45) is 0 Å². The summed E-state index contributed by atoms with van der Waals surface area (Å²) in [5, 5.41) is 2.81. The van der Waals surface area contributed by atoms with E-state index in [2.05, 4.69) is 5.32 Å². The maximum absolute atomic E-state index is 12.9. The normalized spacial score (nSPS) is 18.6. The van der Waals surface area contributed by atoms with E-state index in [0.29, 0.717) is 35.2 Å². The van der Waals surface area contributed by atoms with E-state index in [0.717, 1.165) is 19.3 Å². The summed E-state index contributed by atoms with van der Waals surface area (Å²) in [5.41, 5.74) is 0.824. The lowest BCUT2D eigenvalue weighted by Crippen LogP contribution is -2.39. The highest BCUT2D eigenvalue weighted by Gasteiger charge is 2.49. The van der Waals surface area contributed by atoms with Crippen molar-refractivity contribution < 1.29 is 23.9 Å². The molecule has 6 heteroatoms. The molecule has 26 heavy (non-hydrogen) atoms. The number of nitrogens with one attached hydrogen (secondary N) is 1. The molecule has 0 unspecified atom stereocenters. The highest BCUT2D eigenvalue weighted by Crippen LogP contribution is 2.44. The highest BCUT2D eigenvalue weighted by molar-refractivity contribution is 6.12. The molecule has 0 saturated heterocycles. The van der Waals surface area contributed by atoms with Gasteiger partial charge >= 0.3 is 11.9 Å². The number of hydrogen-bond donors (Lipinski definition) is 1. The van der Waals surface area contributed by atoms with Gasteiger partial charge in [0.15, 0.2) is 0 Å². The van der Waals surface area contributed by atoms with Gasteiger partial charge in [-0.25, -0.2) is 9.59 Å². The van der Waals surface area contributed by atoms with Crippen molar-refractivity contribution in [2.75, 3.05) is 11.9 Å². The number of carbonyl (C=O) groups excluding carboxylic acids is 3. The van der Waals surface area contributed by atoms with Crippen molar-refractivity contribution in [3.63, 3.8) is 0 Å². The molecule has 1 amide bonds. The molecule has 2 aliphatic rings. The third-order valence-corrected chi connectivity index (χ3v) is 4.94. The summed E-state index contributed by atoms with van der Waals surface area (Å²) in [5.74, 6) is -1.21. The predicted octanol–water partition coefficient (Wildman–Crippen LogP) is 3.38. The van der Waals surface area contributed by atoms with Gasteiger partial charge < -0.3 is 14.8 Å². The van der Waals surface area contributed by atoms with Crippen LogP contribution in [0.4, 0.5) is 5.69 Å². The molecular weight excluding hydrogens is 334 g/mol. The Morgan fingerprint density at radius 1 is 1.23 bits per heavy atom. The van der Waals surface area contributed by atoms with Crippen molar-refractivity contribution in [3.8, 4) is 0 Å². The van der Waals surface area contributed by atoms with Crippen LogP contribution in [0, 0.1) is 0 Å². The maximum atomic E-state index is 12.9. The smallest absolute Gasteiger partial charge is 0.338 e. The molecule has 138 valence electrons. The van der Waals surface area contributed by atoms with Gasteiger partial charge in [0.2, 0.25) is 0 Å². The summed E-state index contributed by atoms with van der Waals surface area (Å²) in [6, 6.07) is 6.57. The van der Waals surface area contributed by atoms with Crippen LogP contribution in [-0.2, 0) is 19.1 Å². The molecule has 1 aliphatic carbocycles. The Morgan fingerprint density at radius 2 is 1.96 bits per heavy atom. The quantitative estimate of drug-likeness (QED) is 0.836. The molecule has 1 aromatic rings. The lowest BCUT2D eigenvalue weighted by molar-refractivity contribution is -0.149. The van der Waals surface area contributed by atoms with Crippen molar-refractivity contribution in [1.82, 2.24) is 0 Å². The highest BCUT2D eigenvalue weighted by atomic mass is 16.6. The summed E-state index contributed by atoms with van der Waals surface area (Å²) in [4.78, 5) is 36.9. The van der Waals surface area contributed by atoms with Gasteiger partial charge in [-0.3, -0.25) is 4.79 Å². The summed E-state index contributed by atoms with van der Waals surface area (Å²) < 4.78 is 10.6. The van der Waals surface area contributed by atoms with Crippen molar-refractivity contribution >= 4 is 23.5 Å². The first-order chi connectivity index (χ1) is 12.5. The molecule has 1 saturated carbocycles. The minimum Gasteiger partial charge on any atom is -0.462 e. The van der Waals surface area contributed by atoms with Crippen LogP contribution in [0.15, 0.2) is 35.4 Å².